The topological polar surface area (TPSA) is 82.2 Å². The number of aromatic amines is 1. The molecule has 4 rings (SSSR count). The number of H-pyrrole nitrogens is 1. The number of thiazole rings is 1. The van der Waals surface area contributed by atoms with E-state index in [2.05, 4.69) is 14.9 Å². The predicted octanol–water partition coefficient (Wildman–Crippen LogP) is 1.85. The van der Waals surface area contributed by atoms with Crippen LogP contribution in [-0.4, -0.2) is 57.3 Å². The molecule has 2 aromatic rings. The van der Waals surface area contributed by atoms with Crippen LogP contribution in [-0.2, 0) is 13.0 Å². The third-order valence-corrected chi connectivity index (χ3v) is 6.53. The van der Waals surface area contributed by atoms with Crippen LogP contribution in [0.1, 0.15) is 56.2 Å². The van der Waals surface area contributed by atoms with Crippen molar-refractivity contribution in [3.05, 3.63) is 43.0 Å². The molecule has 0 spiro atoms. The van der Waals surface area contributed by atoms with E-state index >= 15 is 0 Å². The van der Waals surface area contributed by atoms with Gasteiger partial charge in [0.1, 0.15) is 10.7 Å². The lowest BCUT2D eigenvalue weighted by molar-refractivity contribution is 0.0708. The highest BCUT2D eigenvalue weighted by atomic mass is 32.1. The van der Waals surface area contributed by atoms with E-state index in [1.54, 1.807) is 0 Å². The third kappa shape index (κ3) is 3.55. The highest BCUT2D eigenvalue weighted by Crippen LogP contribution is 2.28. The van der Waals surface area contributed by atoms with E-state index in [0.717, 1.165) is 65.0 Å². The Morgan fingerprint density at radius 2 is 2.07 bits per heavy atom. The lowest BCUT2D eigenvalue weighted by Crippen LogP contribution is -2.40. The largest absolute Gasteiger partial charge is 0.337 e. The normalized spacial score (nSPS) is 20.6. The zero-order valence-corrected chi connectivity index (χ0v) is 16.9. The molecule has 2 aromatic heterocycles. The van der Waals surface area contributed by atoms with Gasteiger partial charge in [-0.15, -0.1) is 11.3 Å². The molecule has 7 nitrogen and oxygen atoms in total. The molecule has 1 amide bonds. The number of hydrogen-bond acceptors (Lipinski definition) is 6. The van der Waals surface area contributed by atoms with Crippen molar-refractivity contribution in [2.75, 3.05) is 26.7 Å². The minimum atomic E-state index is -0.0288. The monoisotopic (exact) mass is 387 g/mol. The van der Waals surface area contributed by atoms with Crippen LogP contribution in [0.4, 0.5) is 0 Å². The van der Waals surface area contributed by atoms with Gasteiger partial charge in [0.15, 0.2) is 0 Å². The van der Waals surface area contributed by atoms with Gasteiger partial charge in [0.25, 0.3) is 11.5 Å². The first kappa shape index (κ1) is 18.3. The van der Waals surface area contributed by atoms with E-state index in [1.165, 1.54) is 11.3 Å². The maximum absolute atomic E-state index is 12.9. The van der Waals surface area contributed by atoms with Crippen LogP contribution in [0.3, 0.4) is 0 Å². The Labute approximate surface area is 162 Å². The van der Waals surface area contributed by atoms with Crippen LogP contribution in [0, 0.1) is 13.8 Å². The van der Waals surface area contributed by atoms with Crippen molar-refractivity contribution in [1.29, 1.82) is 0 Å². The van der Waals surface area contributed by atoms with Crippen LogP contribution in [0.25, 0.3) is 0 Å². The summed E-state index contributed by atoms with van der Waals surface area (Å²) in [5, 5.41) is 0.912. The Morgan fingerprint density at radius 3 is 2.81 bits per heavy atom. The summed E-state index contributed by atoms with van der Waals surface area (Å²) in [6.45, 7) is 6.71. The summed E-state index contributed by atoms with van der Waals surface area (Å²) < 4.78 is 0. The second-order valence-corrected chi connectivity index (χ2v) is 8.81. The Bertz CT molecular complexity index is 935. The summed E-state index contributed by atoms with van der Waals surface area (Å²) in [4.78, 5) is 42.4. The molecule has 144 valence electrons. The Kier molecular flexibility index (Phi) is 4.86. The zero-order valence-electron chi connectivity index (χ0n) is 16.0. The number of carbonyl (C=O) groups excluding carboxylic acids is 1. The standard InChI is InChI=1S/C19H25N5O2S/c1-11-16(27-12(2)20-11)19(26)24-7-4-5-13(9-24)17-21-15-6-8-23(3)10-14(15)18(25)22-17/h13H,4-10H2,1-3H3,(H,21,22,25). The summed E-state index contributed by atoms with van der Waals surface area (Å²) in [7, 11) is 2.02. The molecule has 1 N–H and O–H groups in total. The van der Waals surface area contributed by atoms with Gasteiger partial charge in [-0.1, -0.05) is 0 Å². The van der Waals surface area contributed by atoms with Crippen LogP contribution in [0.2, 0.25) is 0 Å². The van der Waals surface area contributed by atoms with E-state index in [0.29, 0.717) is 13.1 Å². The van der Waals surface area contributed by atoms with Crippen LogP contribution < -0.4 is 5.56 Å². The fourth-order valence-electron chi connectivity index (χ4n) is 4.03. The summed E-state index contributed by atoms with van der Waals surface area (Å²) in [5.41, 5.74) is 2.48. The number of amides is 1. The van der Waals surface area contributed by atoms with Gasteiger partial charge in [-0.2, -0.15) is 0 Å². The average Bonchev–Trinajstić information content (AvgIpc) is 3.00. The maximum atomic E-state index is 12.9. The summed E-state index contributed by atoms with van der Waals surface area (Å²) >= 11 is 1.45. The molecule has 2 aliphatic heterocycles. The van der Waals surface area contributed by atoms with Gasteiger partial charge in [-0.3, -0.25) is 9.59 Å². The van der Waals surface area contributed by atoms with Crippen molar-refractivity contribution in [3.63, 3.8) is 0 Å². The number of aromatic nitrogens is 3. The van der Waals surface area contributed by atoms with E-state index in [1.807, 2.05) is 25.8 Å². The molecule has 1 unspecified atom stereocenters. The molecule has 4 heterocycles. The summed E-state index contributed by atoms with van der Waals surface area (Å²) in [6, 6.07) is 0. The molecule has 0 bridgehead atoms. The molecule has 0 aromatic carbocycles. The van der Waals surface area contributed by atoms with Crippen molar-refractivity contribution in [3.8, 4) is 0 Å². The quantitative estimate of drug-likeness (QED) is 0.850. The van der Waals surface area contributed by atoms with Gasteiger partial charge in [0.05, 0.1) is 22.0 Å². The summed E-state index contributed by atoms with van der Waals surface area (Å²) in [6.07, 6.45) is 2.65. The van der Waals surface area contributed by atoms with Gasteiger partial charge in [-0.05, 0) is 33.7 Å². The highest BCUT2D eigenvalue weighted by Gasteiger charge is 2.30. The Hall–Kier alpha value is -2.06. The van der Waals surface area contributed by atoms with E-state index in [9.17, 15) is 9.59 Å². The van der Waals surface area contributed by atoms with Crippen molar-refractivity contribution >= 4 is 17.2 Å². The number of nitrogens with zero attached hydrogens (tertiary/aromatic N) is 4. The van der Waals surface area contributed by atoms with Gasteiger partial charge in [0.2, 0.25) is 0 Å². The molecule has 0 saturated carbocycles. The smallest absolute Gasteiger partial charge is 0.265 e. The number of piperidine rings is 1. The molecule has 1 fully saturated rings. The minimum absolute atomic E-state index is 0.0288. The first-order chi connectivity index (χ1) is 12.9. The SMILES string of the molecule is Cc1nc(C)c(C(=O)N2CCCC(c3nc4c(c(=O)[nH]3)CN(C)CC4)C2)s1. The first-order valence-electron chi connectivity index (χ1n) is 9.46. The van der Waals surface area contributed by atoms with Crippen molar-refractivity contribution in [1.82, 2.24) is 24.8 Å². The van der Waals surface area contributed by atoms with E-state index < -0.39 is 0 Å². The number of likely N-dealkylation sites (N-methyl/N-ethyl adjacent to an activating group) is 1. The molecule has 27 heavy (non-hydrogen) atoms. The fraction of sp³-hybridized carbons (Fsp3) is 0.579. The number of hydrogen-bond donors (Lipinski definition) is 1. The fourth-order valence-corrected chi connectivity index (χ4v) is 4.92. The second kappa shape index (κ2) is 7.16. The molecule has 1 saturated heterocycles. The first-order valence-corrected chi connectivity index (χ1v) is 10.3. The van der Waals surface area contributed by atoms with Crippen molar-refractivity contribution < 1.29 is 4.79 Å². The molecular formula is C19H25N5O2S. The maximum Gasteiger partial charge on any atom is 0.265 e. The lowest BCUT2D eigenvalue weighted by atomic mass is 9.96. The molecule has 0 aliphatic carbocycles. The van der Waals surface area contributed by atoms with E-state index in [-0.39, 0.29) is 17.4 Å². The van der Waals surface area contributed by atoms with Crippen LogP contribution in [0.15, 0.2) is 4.79 Å². The van der Waals surface area contributed by atoms with Crippen LogP contribution >= 0.6 is 11.3 Å². The average molecular weight is 388 g/mol. The van der Waals surface area contributed by atoms with Gasteiger partial charge in [-0.25, -0.2) is 9.97 Å². The molecule has 8 heteroatoms. The molecular weight excluding hydrogens is 362 g/mol. The van der Waals surface area contributed by atoms with E-state index in [4.69, 9.17) is 4.98 Å². The molecule has 0 radical (unpaired) electrons. The number of rotatable bonds is 2. The minimum Gasteiger partial charge on any atom is -0.337 e. The number of carbonyl (C=O) groups is 1. The highest BCUT2D eigenvalue weighted by molar-refractivity contribution is 7.13. The van der Waals surface area contributed by atoms with Crippen LogP contribution in [0.5, 0.6) is 0 Å². The van der Waals surface area contributed by atoms with Gasteiger partial charge < -0.3 is 14.8 Å². The summed E-state index contributed by atoms with van der Waals surface area (Å²) in [5.74, 6) is 0.859. The number of nitrogens with one attached hydrogen (secondary N) is 1. The van der Waals surface area contributed by atoms with Crippen molar-refractivity contribution in [2.24, 2.45) is 0 Å². The lowest BCUT2D eigenvalue weighted by Gasteiger charge is -2.32. The Balaban J connectivity index is 1.57. The molecule has 1 atom stereocenters. The number of aryl methyl sites for hydroxylation is 2. The Morgan fingerprint density at radius 1 is 1.26 bits per heavy atom. The second-order valence-electron chi connectivity index (χ2n) is 7.60. The third-order valence-electron chi connectivity index (χ3n) is 5.47. The van der Waals surface area contributed by atoms with Crippen molar-refractivity contribution in [2.45, 2.75) is 45.6 Å². The number of likely N-dealkylation sites (tertiary alicyclic amines) is 1. The number of fused-ring (bicyclic) bond motifs is 1. The molecule has 2 aliphatic rings. The zero-order chi connectivity index (χ0) is 19.1. The predicted molar refractivity (Wildman–Crippen MR) is 104 cm³/mol. The van der Waals surface area contributed by atoms with Gasteiger partial charge in [0, 0.05) is 38.5 Å². The van der Waals surface area contributed by atoms with Gasteiger partial charge >= 0.3 is 0 Å².